The van der Waals surface area contributed by atoms with Gasteiger partial charge in [0.2, 0.25) is 0 Å². The maximum absolute atomic E-state index is 12.2. The number of alkyl halides is 1. The molecule has 0 rings (SSSR count). The van der Waals surface area contributed by atoms with Gasteiger partial charge >= 0.3 is 0 Å². The SMILES string of the molecule is CCC=C(C)C(C)F. The van der Waals surface area contributed by atoms with Crippen LogP contribution in [-0.2, 0) is 0 Å². The van der Waals surface area contributed by atoms with Gasteiger partial charge in [-0.2, -0.15) is 0 Å². The first-order valence-corrected chi connectivity index (χ1v) is 2.99. The highest BCUT2D eigenvalue weighted by Gasteiger charge is 1.96. The minimum Gasteiger partial charge on any atom is -0.243 e. The molecule has 0 N–H and O–H groups in total. The largest absolute Gasteiger partial charge is 0.243 e. The van der Waals surface area contributed by atoms with E-state index in [0.29, 0.717) is 0 Å². The molecule has 0 saturated carbocycles. The zero-order valence-electron chi connectivity index (χ0n) is 5.74. The van der Waals surface area contributed by atoms with Gasteiger partial charge in [-0.15, -0.1) is 0 Å². The first kappa shape index (κ1) is 7.67. The van der Waals surface area contributed by atoms with Crippen LogP contribution in [0.1, 0.15) is 27.2 Å². The second-order valence-electron chi connectivity index (χ2n) is 1.97. The maximum atomic E-state index is 12.2. The Morgan fingerprint density at radius 1 is 1.75 bits per heavy atom. The summed E-state index contributed by atoms with van der Waals surface area (Å²) in [6.07, 6.45) is 2.07. The van der Waals surface area contributed by atoms with E-state index in [9.17, 15) is 4.39 Å². The van der Waals surface area contributed by atoms with E-state index in [-0.39, 0.29) is 0 Å². The molecule has 1 unspecified atom stereocenters. The van der Waals surface area contributed by atoms with Gasteiger partial charge in [-0.1, -0.05) is 13.0 Å². The van der Waals surface area contributed by atoms with Crippen LogP contribution in [0.2, 0.25) is 0 Å². The van der Waals surface area contributed by atoms with Crippen LogP contribution in [0.5, 0.6) is 0 Å². The Bertz CT molecular complexity index is 82.4. The van der Waals surface area contributed by atoms with E-state index < -0.39 is 6.17 Å². The molecule has 0 spiro atoms. The van der Waals surface area contributed by atoms with Gasteiger partial charge in [0.15, 0.2) is 0 Å². The molecule has 0 aromatic carbocycles. The van der Waals surface area contributed by atoms with E-state index in [1.807, 2.05) is 19.9 Å². The Kier molecular flexibility index (Phi) is 3.49. The highest BCUT2D eigenvalue weighted by Crippen LogP contribution is 2.04. The Labute approximate surface area is 50.4 Å². The molecule has 0 saturated heterocycles. The summed E-state index contributed by atoms with van der Waals surface area (Å²) < 4.78 is 12.2. The molecule has 8 heavy (non-hydrogen) atoms. The lowest BCUT2D eigenvalue weighted by molar-refractivity contribution is 0.410. The predicted molar refractivity (Wildman–Crippen MR) is 34.6 cm³/mol. The number of hydrogen-bond acceptors (Lipinski definition) is 0. The zero-order valence-corrected chi connectivity index (χ0v) is 5.74. The quantitative estimate of drug-likeness (QED) is 0.486. The second kappa shape index (κ2) is 3.65. The van der Waals surface area contributed by atoms with Crippen LogP contribution in [0.4, 0.5) is 4.39 Å². The van der Waals surface area contributed by atoms with E-state index in [4.69, 9.17) is 0 Å². The highest BCUT2D eigenvalue weighted by atomic mass is 19.1. The fourth-order valence-corrected chi connectivity index (χ4v) is 0.484. The molecule has 0 aromatic heterocycles. The van der Waals surface area contributed by atoms with Crippen LogP contribution < -0.4 is 0 Å². The smallest absolute Gasteiger partial charge is 0.118 e. The van der Waals surface area contributed by atoms with Gasteiger partial charge in [-0.05, 0) is 25.8 Å². The predicted octanol–water partition coefficient (Wildman–Crippen LogP) is 2.70. The zero-order chi connectivity index (χ0) is 6.57. The van der Waals surface area contributed by atoms with Gasteiger partial charge in [-0.25, -0.2) is 4.39 Å². The molecule has 0 aliphatic heterocycles. The molecule has 0 aliphatic rings. The van der Waals surface area contributed by atoms with Crippen molar-refractivity contribution in [3.05, 3.63) is 11.6 Å². The van der Waals surface area contributed by atoms with Gasteiger partial charge in [-0.3, -0.25) is 0 Å². The van der Waals surface area contributed by atoms with Crippen molar-refractivity contribution in [3.63, 3.8) is 0 Å². The van der Waals surface area contributed by atoms with Crippen molar-refractivity contribution in [2.24, 2.45) is 0 Å². The summed E-state index contributed by atoms with van der Waals surface area (Å²) in [4.78, 5) is 0. The van der Waals surface area contributed by atoms with E-state index in [2.05, 4.69) is 0 Å². The second-order valence-corrected chi connectivity index (χ2v) is 1.97. The van der Waals surface area contributed by atoms with Crippen molar-refractivity contribution in [2.45, 2.75) is 33.4 Å². The molecule has 0 bridgehead atoms. The lowest BCUT2D eigenvalue weighted by Gasteiger charge is -1.98. The Morgan fingerprint density at radius 2 is 2.25 bits per heavy atom. The van der Waals surface area contributed by atoms with E-state index >= 15 is 0 Å². The van der Waals surface area contributed by atoms with E-state index in [1.54, 1.807) is 6.92 Å². The summed E-state index contributed by atoms with van der Waals surface area (Å²) in [7, 11) is 0. The molecule has 1 heteroatoms. The summed E-state index contributed by atoms with van der Waals surface area (Å²) in [6.45, 7) is 5.38. The number of rotatable bonds is 2. The molecule has 0 fully saturated rings. The Morgan fingerprint density at radius 3 is 2.38 bits per heavy atom. The number of allylic oxidation sites excluding steroid dienone is 2. The van der Waals surface area contributed by atoms with Crippen molar-refractivity contribution < 1.29 is 4.39 Å². The number of hydrogen-bond donors (Lipinski definition) is 0. The van der Waals surface area contributed by atoms with Crippen LogP contribution in [0.3, 0.4) is 0 Å². The fraction of sp³-hybridized carbons (Fsp3) is 0.714. The van der Waals surface area contributed by atoms with E-state index in [1.165, 1.54) is 0 Å². The minimum atomic E-state index is -0.769. The molecule has 0 radical (unpaired) electrons. The first-order valence-electron chi connectivity index (χ1n) is 2.99. The summed E-state index contributed by atoms with van der Waals surface area (Å²) in [6, 6.07) is 0. The summed E-state index contributed by atoms with van der Waals surface area (Å²) in [5, 5.41) is 0. The van der Waals surface area contributed by atoms with E-state index in [0.717, 1.165) is 12.0 Å². The minimum absolute atomic E-state index is 0.769. The van der Waals surface area contributed by atoms with Crippen molar-refractivity contribution in [2.75, 3.05) is 0 Å². The van der Waals surface area contributed by atoms with Crippen molar-refractivity contribution in [1.29, 1.82) is 0 Å². The van der Waals surface area contributed by atoms with Crippen LogP contribution >= 0.6 is 0 Å². The Balaban J connectivity index is 3.61. The van der Waals surface area contributed by atoms with Gasteiger partial charge in [0.05, 0.1) is 0 Å². The van der Waals surface area contributed by atoms with Crippen LogP contribution in [0.15, 0.2) is 11.6 Å². The topological polar surface area (TPSA) is 0 Å². The lowest BCUT2D eigenvalue weighted by atomic mass is 10.2. The van der Waals surface area contributed by atoms with Crippen LogP contribution in [0.25, 0.3) is 0 Å². The van der Waals surface area contributed by atoms with Crippen molar-refractivity contribution in [3.8, 4) is 0 Å². The average molecular weight is 116 g/mol. The molecule has 48 valence electrons. The average Bonchev–Trinajstić information content (AvgIpc) is 1.67. The molecular weight excluding hydrogens is 103 g/mol. The van der Waals surface area contributed by atoms with Crippen molar-refractivity contribution in [1.82, 2.24) is 0 Å². The third-order valence-corrected chi connectivity index (χ3v) is 1.15. The van der Waals surface area contributed by atoms with Crippen LogP contribution in [-0.4, -0.2) is 6.17 Å². The Hall–Kier alpha value is -0.330. The summed E-state index contributed by atoms with van der Waals surface area (Å²) in [5.41, 5.74) is 0.840. The third kappa shape index (κ3) is 2.78. The van der Waals surface area contributed by atoms with Gasteiger partial charge in [0.25, 0.3) is 0 Å². The molecule has 0 heterocycles. The fourth-order valence-electron chi connectivity index (χ4n) is 0.484. The van der Waals surface area contributed by atoms with Crippen molar-refractivity contribution >= 4 is 0 Å². The maximum Gasteiger partial charge on any atom is 0.118 e. The normalized spacial score (nSPS) is 16.2. The van der Waals surface area contributed by atoms with Gasteiger partial charge < -0.3 is 0 Å². The van der Waals surface area contributed by atoms with Gasteiger partial charge in [0, 0.05) is 0 Å². The summed E-state index contributed by atoms with van der Waals surface area (Å²) in [5.74, 6) is 0. The third-order valence-electron chi connectivity index (χ3n) is 1.15. The molecule has 1 atom stereocenters. The molecule has 0 aliphatic carbocycles. The lowest BCUT2D eigenvalue weighted by Crippen LogP contribution is -1.92. The molecule has 0 aromatic rings. The van der Waals surface area contributed by atoms with Crippen LogP contribution in [0, 0.1) is 0 Å². The number of halogens is 1. The highest BCUT2D eigenvalue weighted by molar-refractivity contribution is 5.02. The molecule has 0 amide bonds. The van der Waals surface area contributed by atoms with Gasteiger partial charge in [0.1, 0.15) is 6.17 Å². The first-order chi connectivity index (χ1) is 3.68. The molecule has 0 nitrogen and oxygen atoms in total. The standard InChI is InChI=1S/C7H13F/c1-4-5-6(2)7(3)8/h5,7H,4H2,1-3H3. The molecular formula is C7H13F. The summed E-state index contributed by atoms with van der Waals surface area (Å²) >= 11 is 0. The monoisotopic (exact) mass is 116 g/mol.